The highest BCUT2D eigenvalue weighted by atomic mass is 35.5. The fourth-order valence-corrected chi connectivity index (χ4v) is 5.03. The van der Waals surface area contributed by atoms with Gasteiger partial charge in [0.15, 0.2) is 0 Å². The van der Waals surface area contributed by atoms with E-state index >= 15 is 0 Å². The molecule has 0 radical (unpaired) electrons. The molecule has 0 atom stereocenters. The number of hydrogen-bond acceptors (Lipinski definition) is 6. The van der Waals surface area contributed by atoms with Crippen molar-refractivity contribution < 1.29 is 22.4 Å². The Morgan fingerprint density at radius 1 is 1.23 bits per heavy atom. The summed E-state index contributed by atoms with van der Waals surface area (Å²) < 4.78 is 37.8. The van der Waals surface area contributed by atoms with E-state index in [1.165, 1.54) is 22.5 Å². The molecule has 162 valence electrons. The van der Waals surface area contributed by atoms with Crippen LogP contribution in [0.3, 0.4) is 0 Å². The number of furan rings is 1. The van der Waals surface area contributed by atoms with Crippen molar-refractivity contribution >= 4 is 33.2 Å². The monoisotopic (exact) mass is 453 g/mol. The van der Waals surface area contributed by atoms with E-state index in [1.807, 2.05) is 12.1 Å². The van der Waals surface area contributed by atoms with E-state index in [-0.39, 0.29) is 28.1 Å². The van der Waals surface area contributed by atoms with Crippen LogP contribution in [0.15, 0.2) is 45.9 Å². The first-order valence-electron chi connectivity index (χ1n) is 9.87. The first-order valence-corrected chi connectivity index (χ1v) is 11.7. The van der Waals surface area contributed by atoms with Crippen molar-refractivity contribution in [2.75, 3.05) is 38.2 Å². The van der Waals surface area contributed by atoms with Crippen molar-refractivity contribution in [2.45, 2.75) is 30.3 Å². The highest BCUT2D eigenvalue weighted by Crippen LogP contribution is 2.30. The summed E-state index contributed by atoms with van der Waals surface area (Å²) in [6.07, 6.45) is 3.70. The Morgan fingerprint density at radius 3 is 2.67 bits per heavy atom. The molecule has 1 aromatic carbocycles. The van der Waals surface area contributed by atoms with Gasteiger partial charge < -0.3 is 14.5 Å². The maximum absolute atomic E-state index is 12.9. The van der Waals surface area contributed by atoms with Gasteiger partial charge in [-0.2, -0.15) is 4.31 Å². The van der Waals surface area contributed by atoms with E-state index in [0.717, 1.165) is 18.6 Å². The summed E-state index contributed by atoms with van der Waals surface area (Å²) >= 11 is 6.23. The first kappa shape index (κ1) is 21.3. The zero-order chi connectivity index (χ0) is 21.1. The lowest BCUT2D eigenvalue weighted by atomic mass is 10.3. The molecular formula is C20H24ClN3O5S. The molecule has 1 aliphatic heterocycles. The highest BCUT2D eigenvalue weighted by Gasteiger charge is 2.31. The van der Waals surface area contributed by atoms with Crippen LogP contribution in [-0.4, -0.2) is 62.4 Å². The van der Waals surface area contributed by atoms with E-state index in [0.29, 0.717) is 38.9 Å². The molecule has 0 unspecified atom stereocenters. The first-order chi connectivity index (χ1) is 14.4. The van der Waals surface area contributed by atoms with Gasteiger partial charge in [0.2, 0.25) is 15.9 Å². The standard InChI is InChI=1S/C20H24ClN3O5S/c21-18-6-5-17(30(26,27)24-7-10-28-11-8-24)12-19(18)22-20(25)14-23(15-3-4-15)13-16-2-1-9-29-16/h1-2,5-6,9,12,15H,3-4,7-8,10-11,13-14H2,(H,22,25). The number of anilines is 1. The topological polar surface area (TPSA) is 92.1 Å². The quantitative estimate of drug-likeness (QED) is 0.660. The largest absolute Gasteiger partial charge is 0.468 e. The summed E-state index contributed by atoms with van der Waals surface area (Å²) in [6, 6.07) is 8.41. The Morgan fingerprint density at radius 2 is 2.00 bits per heavy atom. The number of benzene rings is 1. The lowest BCUT2D eigenvalue weighted by Crippen LogP contribution is -2.40. The van der Waals surface area contributed by atoms with Gasteiger partial charge >= 0.3 is 0 Å². The summed E-state index contributed by atoms with van der Waals surface area (Å²) in [5.74, 6) is 0.544. The third kappa shape index (κ3) is 5.04. The van der Waals surface area contributed by atoms with Crippen molar-refractivity contribution in [1.82, 2.24) is 9.21 Å². The molecule has 2 heterocycles. The van der Waals surface area contributed by atoms with Crippen LogP contribution < -0.4 is 5.32 Å². The third-order valence-corrected chi connectivity index (χ3v) is 7.39. The Bertz CT molecular complexity index is 986. The van der Waals surface area contributed by atoms with Crippen molar-refractivity contribution in [1.29, 1.82) is 0 Å². The molecule has 2 aliphatic rings. The van der Waals surface area contributed by atoms with Gasteiger partial charge in [-0.15, -0.1) is 0 Å². The second kappa shape index (κ2) is 9.07. The van der Waals surface area contributed by atoms with Crippen molar-refractivity contribution in [3.63, 3.8) is 0 Å². The molecule has 1 aromatic heterocycles. The van der Waals surface area contributed by atoms with Gasteiger partial charge in [-0.05, 0) is 43.2 Å². The van der Waals surface area contributed by atoms with Gasteiger partial charge in [0, 0.05) is 19.1 Å². The van der Waals surface area contributed by atoms with Crippen LogP contribution in [0.4, 0.5) is 5.69 Å². The normalized spacial score (nSPS) is 17.9. The van der Waals surface area contributed by atoms with E-state index in [4.69, 9.17) is 20.8 Å². The minimum atomic E-state index is -3.68. The number of nitrogens with zero attached hydrogens (tertiary/aromatic N) is 2. The molecular weight excluding hydrogens is 430 g/mol. The second-order valence-electron chi connectivity index (χ2n) is 7.42. The number of amides is 1. The predicted octanol–water partition coefficient (Wildman–Crippen LogP) is 2.56. The zero-order valence-electron chi connectivity index (χ0n) is 16.4. The highest BCUT2D eigenvalue weighted by molar-refractivity contribution is 7.89. The lowest BCUT2D eigenvalue weighted by Gasteiger charge is -2.26. The maximum atomic E-state index is 12.9. The van der Waals surface area contributed by atoms with Gasteiger partial charge in [0.05, 0.1) is 48.2 Å². The number of carbonyl (C=O) groups is 1. The van der Waals surface area contributed by atoms with Gasteiger partial charge in [0.25, 0.3) is 0 Å². The molecule has 30 heavy (non-hydrogen) atoms. The van der Waals surface area contributed by atoms with Crippen LogP contribution in [0.5, 0.6) is 0 Å². The molecule has 0 spiro atoms. The molecule has 1 amide bonds. The maximum Gasteiger partial charge on any atom is 0.243 e. The van der Waals surface area contributed by atoms with E-state index < -0.39 is 10.0 Å². The van der Waals surface area contributed by atoms with E-state index in [9.17, 15) is 13.2 Å². The molecule has 1 saturated carbocycles. The Kier molecular flexibility index (Phi) is 6.45. The zero-order valence-corrected chi connectivity index (χ0v) is 18.0. The Hall–Kier alpha value is -1.91. The number of hydrogen-bond donors (Lipinski definition) is 1. The van der Waals surface area contributed by atoms with Gasteiger partial charge in [-0.1, -0.05) is 11.6 Å². The predicted molar refractivity (Wildman–Crippen MR) is 112 cm³/mol. The summed E-state index contributed by atoms with van der Waals surface area (Å²) in [5.41, 5.74) is 0.282. The van der Waals surface area contributed by atoms with Crippen LogP contribution >= 0.6 is 11.6 Å². The molecule has 2 fully saturated rings. The molecule has 1 N–H and O–H groups in total. The SMILES string of the molecule is O=C(CN(Cc1ccco1)C1CC1)Nc1cc(S(=O)(=O)N2CCOCC2)ccc1Cl. The molecule has 2 aromatic rings. The molecule has 1 aliphatic carbocycles. The Labute approximate surface area is 180 Å². The van der Waals surface area contributed by atoms with Crippen molar-refractivity contribution in [3.8, 4) is 0 Å². The molecule has 10 heteroatoms. The number of morpholine rings is 1. The molecule has 8 nitrogen and oxygen atoms in total. The van der Waals surface area contributed by atoms with Gasteiger partial charge in [0.1, 0.15) is 5.76 Å². The Balaban J connectivity index is 1.45. The average Bonchev–Trinajstić information content (AvgIpc) is 3.46. The average molecular weight is 454 g/mol. The number of sulfonamides is 1. The van der Waals surface area contributed by atoms with Gasteiger partial charge in [-0.3, -0.25) is 9.69 Å². The molecule has 0 bridgehead atoms. The number of rotatable bonds is 8. The van der Waals surface area contributed by atoms with Gasteiger partial charge in [-0.25, -0.2) is 8.42 Å². The van der Waals surface area contributed by atoms with Crippen molar-refractivity contribution in [2.24, 2.45) is 0 Å². The van der Waals surface area contributed by atoms with Crippen LogP contribution in [0.2, 0.25) is 5.02 Å². The minimum absolute atomic E-state index is 0.0961. The summed E-state index contributed by atoms with van der Waals surface area (Å²) in [6.45, 7) is 2.05. The number of halogens is 1. The fraction of sp³-hybridized carbons (Fsp3) is 0.450. The smallest absolute Gasteiger partial charge is 0.243 e. The van der Waals surface area contributed by atoms with Crippen LogP contribution in [0.25, 0.3) is 0 Å². The van der Waals surface area contributed by atoms with E-state index in [1.54, 1.807) is 6.26 Å². The third-order valence-electron chi connectivity index (χ3n) is 5.17. The molecule has 1 saturated heterocycles. The summed E-state index contributed by atoms with van der Waals surface area (Å²) in [7, 11) is -3.68. The number of nitrogens with one attached hydrogen (secondary N) is 1. The number of carbonyl (C=O) groups excluding carboxylic acids is 1. The van der Waals surface area contributed by atoms with Crippen molar-refractivity contribution in [3.05, 3.63) is 47.4 Å². The summed E-state index contributed by atoms with van der Waals surface area (Å²) in [5, 5.41) is 3.05. The van der Waals surface area contributed by atoms with Crippen LogP contribution in [0.1, 0.15) is 18.6 Å². The minimum Gasteiger partial charge on any atom is -0.468 e. The lowest BCUT2D eigenvalue weighted by molar-refractivity contribution is -0.117. The van der Waals surface area contributed by atoms with E-state index in [2.05, 4.69) is 10.2 Å². The second-order valence-corrected chi connectivity index (χ2v) is 9.77. The van der Waals surface area contributed by atoms with Crippen LogP contribution in [0, 0.1) is 0 Å². The molecule has 4 rings (SSSR count). The number of ether oxygens (including phenoxy) is 1. The van der Waals surface area contributed by atoms with Crippen LogP contribution in [-0.2, 0) is 26.1 Å². The summed E-state index contributed by atoms with van der Waals surface area (Å²) in [4.78, 5) is 14.8. The fourth-order valence-electron chi connectivity index (χ4n) is 3.43.